The lowest BCUT2D eigenvalue weighted by Crippen LogP contribution is -2.00. The largest absolute Gasteiger partial charge is 0.506 e. The maximum Gasteiger partial charge on any atom is 0.139 e. The van der Waals surface area contributed by atoms with Crippen LogP contribution in [0.2, 0.25) is 10.0 Å². The molecule has 2 N–H and O–H groups in total. The van der Waals surface area contributed by atoms with Gasteiger partial charge in [0, 0.05) is 17.8 Å². The fourth-order valence-corrected chi connectivity index (χ4v) is 2.21. The van der Waals surface area contributed by atoms with Gasteiger partial charge in [-0.2, -0.15) is 0 Å². The van der Waals surface area contributed by atoms with Crippen LogP contribution in [-0.2, 0) is 6.54 Å². The monoisotopic (exact) mass is 311 g/mol. The summed E-state index contributed by atoms with van der Waals surface area (Å²) < 4.78 is 5.37. The molecule has 0 amide bonds. The van der Waals surface area contributed by atoms with Crippen LogP contribution in [-0.4, -0.2) is 11.7 Å². The van der Waals surface area contributed by atoms with Crippen molar-refractivity contribution < 1.29 is 9.84 Å². The van der Waals surface area contributed by atoms with Crippen molar-refractivity contribution >= 4 is 28.9 Å². The molecule has 0 saturated carbocycles. The number of nitrogens with one attached hydrogen (secondary N) is 1. The van der Waals surface area contributed by atoms with E-state index < -0.39 is 0 Å². The van der Waals surface area contributed by atoms with E-state index in [1.165, 1.54) is 0 Å². The maximum atomic E-state index is 9.83. The first-order chi connectivity index (χ1) is 9.61. The highest BCUT2D eigenvalue weighted by Crippen LogP contribution is 2.30. The van der Waals surface area contributed by atoms with Gasteiger partial charge in [0.1, 0.15) is 11.5 Å². The number of rotatable bonds is 5. The molecule has 0 saturated heterocycles. The molecule has 0 radical (unpaired) electrons. The molecule has 0 aliphatic carbocycles. The fraction of sp³-hybridized carbons (Fsp3) is 0.200. The van der Waals surface area contributed by atoms with Crippen LogP contribution in [0.4, 0.5) is 5.69 Å². The molecular weight excluding hydrogens is 297 g/mol. The van der Waals surface area contributed by atoms with Gasteiger partial charge in [-0.3, -0.25) is 0 Å². The molecule has 3 nitrogen and oxygen atoms in total. The zero-order valence-electron chi connectivity index (χ0n) is 11.0. The summed E-state index contributed by atoms with van der Waals surface area (Å²) in [5, 5.41) is 13.9. The van der Waals surface area contributed by atoms with Crippen molar-refractivity contribution in [1.82, 2.24) is 0 Å². The molecule has 0 spiro atoms. The average Bonchev–Trinajstić information content (AvgIpc) is 2.43. The Hall–Kier alpha value is -1.58. The van der Waals surface area contributed by atoms with Crippen molar-refractivity contribution in [1.29, 1.82) is 0 Å². The summed E-state index contributed by atoms with van der Waals surface area (Å²) in [6, 6.07) is 10.7. The minimum absolute atomic E-state index is 0.0960. The van der Waals surface area contributed by atoms with Gasteiger partial charge in [0.05, 0.1) is 16.7 Å². The normalized spacial score (nSPS) is 10.3. The number of hydrogen-bond donors (Lipinski definition) is 2. The number of hydrogen-bond acceptors (Lipinski definition) is 3. The first kappa shape index (κ1) is 14.8. The van der Waals surface area contributed by atoms with Gasteiger partial charge in [-0.1, -0.05) is 35.3 Å². The van der Waals surface area contributed by atoms with E-state index >= 15 is 0 Å². The Morgan fingerprint density at radius 1 is 1.15 bits per heavy atom. The minimum Gasteiger partial charge on any atom is -0.506 e. The van der Waals surface area contributed by atoms with E-state index in [9.17, 15) is 5.11 Å². The standard InChI is InChI=1S/C15H15Cl2NO2/c1-2-20-14-7-6-11(8-13(14)17)18-9-10-4-3-5-12(16)15(10)19/h3-8,18-19H,2,9H2,1H3. The van der Waals surface area contributed by atoms with Crippen LogP contribution in [0.25, 0.3) is 0 Å². The van der Waals surface area contributed by atoms with Crippen molar-refractivity contribution in [3.8, 4) is 11.5 Å². The first-order valence-corrected chi connectivity index (χ1v) is 7.00. The highest BCUT2D eigenvalue weighted by Gasteiger charge is 2.06. The fourth-order valence-electron chi connectivity index (χ4n) is 1.78. The molecular formula is C15H15Cl2NO2. The number of para-hydroxylation sites is 1. The molecule has 106 valence electrons. The van der Waals surface area contributed by atoms with E-state index in [0.717, 1.165) is 11.3 Å². The summed E-state index contributed by atoms with van der Waals surface area (Å²) in [7, 11) is 0. The molecule has 0 aliphatic heterocycles. The predicted octanol–water partition coefficient (Wildman–Crippen LogP) is 4.71. The van der Waals surface area contributed by atoms with Crippen LogP contribution in [0.3, 0.4) is 0 Å². The first-order valence-electron chi connectivity index (χ1n) is 6.24. The summed E-state index contributed by atoms with van der Waals surface area (Å²) in [5.74, 6) is 0.754. The molecule has 0 unspecified atom stereocenters. The highest BCUT2D eigenvalue weighted by atomic mass is 35.5. The number of ether oxygens (including phenoxy) is 1. The quantitative estimate of drug-likeness (QED) is 0.840. The summed E-state index contributed by atoms with van der Waals surface area (Å²) in [6.45, 7) is 2.93. The predicted molar refractivity (Wildman–Crippen MR) is 83.1 cm³/mol. The van der Waals surface area contributed by atoms with Gasteiger partial charge in [-0.25, -0.2) is 0 Å². The third-order valence-electron chi connectivity index (χ3n) is 2.79. The summed E-state index contributed by atoms with van der Waals surface area (Å²) in [6.07, 6.45) is 0. The number of aromatic hydroxyl groups is 1. The second kappa shape index (κ2) is 6.73. The molecule has 5 heteroatoms. The SMILES string of the molecule is CCOc1ccc(NCc2cccc(Cl)c2O)cc1Cl. The van der Waals surface area contributed by atoms with Crippen LogP contribution in [0.5, 0.6) is 11.5 Å². The third kappa shape index (κ3) is 3.50. The third-order valence-corrected chi connectivity index (χ3v) is 3.39. The Bertz CT molecular complexity index is 602. The van der Waals surface area contributed by atoms with Gasteiger partial charge < -0.3 is 15.2 Å². The van der Waals surface area contributed by atoms with Gasteiger partial charge in [-0.05, 0) is 31.2 Å². The molecule has 2 rings (SSSR count). The molecule has 0 atom stereocenters. The van der Waals surface area contributed by atoms with Crippen molar-refractivity contribution in [2.45, 2.75) is 13.5 Å². The molecule has 0 bridgehead atoms. The Morgan fingerprint density at radius 2 is 1.95 bits per heavy atom. The second-order valence-corrected chi connectivity index (χ2v) is 4.99. The van der Waals surface area contributed by atoms with Gasteiger partial charge >= 0.3 is 0 Å². The lowest BCUT2D eigenvalue weighted by Gasteiger charge is -2.11. The van der Waals surface area contributed by atoms with Crippen molar-refractivity contribution in [2.75, 3.05) is 11.9 Å². The van der Waals surface area contributed by atoms with E-state index in [0.29, 0.717) is 28.9 Å². The van der Waals surface area contributed by atoms with Crippen LogP contribution in [0, 0.1) is 0 Å². The van der Waals surface area contributed by atoms with Crippen LogP contribution in [0.1, 0.15) is 12.5 Å². The van der Waals surface area contributed by atoms with Gasteiger partial charge in [0.15, 0.2) is 0 Å². The van der Waals surface area contributed by atoms with Gasteiger partial charge in [0.25, 0.3) is 0 Å². The number of phenolic OH excluding ortho intramolecular Hbond substituents is 1. The molecule has 0 aromatic heterocycles. The van der Waals surface area contributed by atoms with Crippen molar-refractivity contribution in [3.05, 3.63) is 52.0 Å². The topological polar surface area (TPSA) is 41.5 Å². The number of halogens is 2. The highest BCUT2D eigenvalue weighted by molar-refractivity contribution is 6.32. The molecule has 0 aliphatic rings. The number of phenols is 1. The maximum absolute atomic E-state index is 9.83. The summed E-state index contributed by atoms with van der Waals surface area (Å²) >= 11 is 12.0. The zero-order valence-corrected chi connectivity index (χ0v) is 12.5. The van der Waals surface area contributed by atoms with Gasteiger partial charge in [0.2, 0.25) is 0 Å². The second-order valence-electron chi connectivity index (χ2n) is 4.18. The summed E-state index contributed by atoms with van der Waals surface area (Å²) in [5.41, 5.74) is 1.57. The van der Waals surface area contributed by atoms with E-state index in [2.05, 4.69) is 5.32 Å². The van der Waals surface area contributed by atoms with E-state index in [4.69, 9.17) is 27.9 Å². The van der Waals surface area contributed by atoms with Crippen molar-refractivity contribution in [2.24, 2.45) is 0 Å². The molecule has 2 aromatic rings. The Morgan fingerprint density at radius 3 is 2.65 bits per heavy atom. The van der Waals surface area contributed by atoms with E-state index in [1.54, 1.807) is 18.2 Å². The summed E-state index contributed by atoms with van der Waals surface area (Å²) in [4.78, 5) is 0. The minimum atomic E-state index is 0.0960. The van der Waals surface area contributed by atoms with Crippen LogP contribution in [0.15, 0.2) is 36.4 Å². The van der Waals surface area contributed by atoms with Crippen LogP contribution < -0.4 is 10.1 Å². The van der Waals surface area contributed by atoms with E-state index in [-0.39, 0.29) is 5.75 Å². The van der Waals surface area contributed by atoms with E-state index in [1.807, 2.05) is 25.1 Å². The van der Waals surface area contributed by atoms with Crippen LogP contribution >= 0.6 is 23.2 Å². The average molecular weight is 312 g/mol. The molecule has 2 aromatic carbocycles. The lowest BCUT2D eigenvalue weighted by molar-refractivity contribution is 0.340. The Balaban J connectivity index is 2.07. The Labute approximate surface area is 128 Å². The number of benzene rings is 2. The van der Waals surface area contributed by atoms with Crippen molar-refractivity contribution in [3.63, 3.8) is 0 Å². The molecule has 0 heterocycles. The number of anilines is 1. The van der Waals surface area contributed by atoms with Gasteiger partial charge in [-0.15, -0.1) is 0 Å². The Kier molecular flexibility index (Phi) is 4.99. The lowest BCUT2D eigenvalue weighted by atomic mass is 10.2. The molecule has 20 heavy (non-hydrogen) atoms. The molecule has 0 fully saturated rings. The zero-order chi connectivity index (χ0) is 14.5. The smallest absolute Gasteiger partial charge is 0.139 e.